The van der Waals surface area contributed by atoms with Gasteiger partial charge in [-0.25, -0.2) is 4.68 Å². The number of rotatable bonds is 14. The van der Waals surface area contributed by atoms with E-state index in [2.05, 4.69) is 30.1 Å². The number of amides is 1. The number of hydrogen-bond donors (Lipinski definition) is 2. The SMILES string of the molecule is COc1cc(NC(=O)c2cn(-c3ccc(Cl)cc3)nc2CO)ccc1OCC(C)(C)OCOCC[Si](C)(C)C. The van der Waals surface area contributed by atoms with Gasteiger partial charge in [-0.1, -0.05) is 31.2 Å². The second-order valence-electron chi connectivity index (χ2n) is 10.9. The van der Waals surface area contributed by atoms with Crippen LogP contribution in [0.5, 0.6) is 11.5 Å². The summed E-state index contributed by atoms with van der Waals surface area (Å²) in [6.45, 7) is 11.6. The van der Waals surface area contributed by atoms with Crippen LogP contribution < -0.4 is 14.8 Å². The van der Waals surface area contributed by atoms with Crippen LogP contribution >= 0.6 is 11.6 Å². The first-order chi connectivity index (χ1) is 18.4. The van der Waals surface area contributed by atoms with Crippen LogP contribution in [0.2, 0.25) is 30.7 Å². The molecule has 0 aliphatic carbocycles. The van der Waals surface area contributed by atoms with Crippen LogP contribution in [0, 0.1) is 0 Å². The van der Waals surface area contributed by atoms with Gasteiger partial charge in [0.15, 0.2) is 11.5 Å². The summed E-state index contributed by atoms with van der Waals surface area (Å²) >= 11 is 5.96. The van der Waals surface area contributed by atoms with Crippen molar-refractivity contribution in [3.8, 4) is 17.2 Å². The minimum atomic E-state index is -1.14. The highest BCUT2D eigenvalue weighted by molar-refractivity contribution is 6.76. The number of methoxy groups -OCH3 is 1. The van der Waals surface area contributed by atoms with E-state index in [1.807, 2.05) is 13.8 Å². The number of aliphatic hydroxyl groups excluding tert-OH is 1. The van der Waals surface area contributed by atoms with Gasteiger partial charge in [-0.3, -0.25) is 4.79 Å². The largest absolute Gasteiger partial charge is 0.493 e. The van der Waals surface area contributed by atoms with Crippen LogP contribution in [0.25, 0.3) is 5.69 Å². The molecule has 0 aliphatic rings. The maximum atomic E-state index is 13.0. The van der Waals surface area contributed by atoms with E-state index >= 15 is 0 Å². The summed E-state index contributed by atoms with van der Waals surface area (Å²) < 4.78 is 24.5. The molecular formula is C28H38ClN3O6Si. The monoisotopic (exact) mass is 575 g/mol. The number of aromatic nitrogens is 2. The number of ether oxygens (including phenoxy) is 4. The Balaban J connectivity index is 1.61. The number of nitrogens with one attached hydrogen (secondary N) is 1. The minimum absolute atomic E-state index is 0.202. The fraction of sp³-hybridized carbons (Fsp3) is 0.429. The molecule has 1 aromatic heterocycles. The molecule has 2 aromatic carbocycles. The Hall–Kier alpha value is -2.89. The summed E-state index contributed by atoms with van der Waals surface area (Å²) in [5.74, 6) is 0.548. The number of nitrogens with zero attached hydrogens (tertiary/aromatic N) is 2. The molecule has 2 N–H and O–H groups in total. The quantitative estimate of drug-likeness (QED) is 0.143. The molecule has 1 amide bonds. The Labute approximate surface area is 236 Å². The van der Waals surface area contributed by atoms with E-state index < -0.39 is 19.6 Å². The lowest BCUT2D eigenvalue weighted by molar-refractivity contribution is -0.137. The first kappa shape index (κ1) is 30.6. The summed E-state index contributed by atoms with van der Waals surface area (Å²) in [7, 11) is 0.388. The van der Waals surface area contributed by atoms with Gasteiger partial charge in [0.1, 0.15) is 19.1 Å². The van der Waals surface area contributed by atoms with Crippen molar-refractivity contribution in [2.24, 2.45) is 0 Å². The van der Waals surface area contributed by atoms with Crippen LogP contribution in [-0.4, -0.2) is 61.6 Å². The fourth-order valence-electron chi connectivity index (χ4n) is 3.44. The number of hydrogen-bond acceptors (Lipinski definition) is 7. The van der Waals surface area contributed by atoms with Crippen LogP contribution in [-0.2, 0) is 16.1 Å². The predicted molar refractivity (Wildman–Crippen MR) is 155 cm³/mol. The number of aliphatic hydroxyl groups is 1. The second kappa shape index (κ2) is 13.4. The summed E-state index contributed by atoms with van der Waals surface area (Å²) in [5, 5.41) is 17.5. The van der Waals surface area contributed by atoms with Gasteiger partial charge >= 0.3 is 0 Å². The van der Waals surface area contributed by atoms with Crippen LogP contribution in [0.15, 0.2) is 48.7 Å². The molecule has 11 heteroatoms. The average molecular weight is 576 g/mol. The Kier molecular flexibility index (Phi) is 10.6. The third kappa shape index (κ3) is 9.36. The van der Waals surface area contributed by atoms with Gasteiger partial charge in [0, 0.05) is 37.7 Å². The maximum Gasteiger partial charge on any atom is 0.259 e. The Morgan fingerprint density at radius 3 is 2.49 bits per heavy atom. The molecule has 1 heterocycles. The van der Waals surface area contributed by atoms with Crippen molar-refractivity contribution >= 4 is 31.3 Å². The second-order valence-corrected chi connectivity index (χ2v) is 17.0. The number of carbonyl (C=O) groups excluding carboxylic acids is 1. The van der Waals surface area contributed by atoms with Gasteiger partial charge in [-0.2, -0.15) is 5.10 Å². The fourth-order valence-corrected chi connectivity index (χ4v) is 4.32. The zero-order valence-electron chi connectivity index (χ0n) is 23.4. The third-order valence-electron chi connectivity index (χ3n) is 5.80. The van der Waals surface area contributed by atoms with Crippen molar-refractivity contribution in [3.05, 3.63) is 64.9 Å². The van der Waals surface area contributed by atoms with Crippen molar-refractivity contribution in [2.75, 3.05) is 32.4 Å². The van der Waals surface area contributed by atoms with E-state index in [-0.39, 0.29) is 31.3 Å². The van der Waals surface area contributed by atoms with Crippen molar-refractivity contribution in [1.29, 1.82) is 0 Å². The molecule has 9 nitrogen and oxygen atoms in total. The van der Waals surface area contributed by atoms with Gasteiger partial charge in [-0.05, 0) is 56.3 Å². The molecule has 0 unspecified atom stereocenters. The normalized spacial score (nSPS) is 11.9. The number of anilines is 1. The summed E-state index contributed by atoms with van der Waals surface area (Å²) in [5.41, 5.74) is 1.13. The Bertz CT molecular complexity index is 1240. The van der Waals surface area contributed by atoms with Gasteiger partial charge in [0.25, 0.3) is 5.91 Å². The third-order valence-corrected chi connectivity index (χ3v) is 7.76. The van der Waals surface area contributed by atoms with Crippen LogP contribution in [0.3, 0.4) is 0 Å². The minimum Gasteiger partial charge on any atom is -0.493 e. The molecule has 3 rings (SSSR count). The molecule has 0 saturated heterocycles. The summed E-state index contributed by atoms with van der Waals surface area (Å²) in [4.78, 5) is 13.0. The first-order valence-corrected chi connectivity index (χ1v) is 16.8. The number of halogens is 1. The van der Waals surface area contributed by atoms with E-state index in [1.54, 1.807) is 48.7 Å². The molecule has 0 spiro atoms. The zero-order valence-corrected chi connectivity index (χ0v) is 25.2. The molecule has 0 atom stereocenters. The lowest BCUT2D eigenvalue weighted by Gasteiger charge is -2.26. The Morgan fingerprint density at radius 1 is 1.13 bits per heavy atom. The predicted octanol–water partition coefficient (Wildman–Crippen LogP) is 5.77. The molecule has 3 aromatic rings. The van der Waals surface area contributed by atoms with E-state index in [0.29, 0.717) is 34.5 Å². The van der Waals surface area contributed by atoms with Crippen molar-refractivity contribution in [3.63, 3.8) is 0 Å². The smallest absolute Gasteiger partial charge is 0.259 e. The molecule has 0 saturated carbocycles. The first-order valence-electron chi connectivity index (χ1n) is 12.7. The molecule has 0 bridgehead atoms. The van der Waals surface area contributed by atoms with Gasteiger partial charge in [0.2, 0.25) is 0 Å². The zero-order chi connectivity index (χ0) is 28.6. The van der Waals surface area contributed by atoms with Gasteiger partial charge in [-0.15, -0.1) is 0 Å². The summed E-state index contributed by atoms with van der Waals surface area (Å²) in [6.07, 6.45) is 1.57. The maximum absolute atomic E-state index is 13.0. The van der Waals surface area contributed by atoms with E-state index in [0.717, 1.165) is 6.04 Å². The van der Waals surface area contributed by atoms with Crippen LogP contribution in [0.4, 0.5) is 5.69 Å². The summed E-state index contributed by atoms with van der Waals surface area (Å²) in [6, 6.07) is 13.2. The van der Waals surface area contributed by atoms with Crippen molar-refractivity contribution in [2.45, 2.75) is 51.7 Å². The molecule has 39 heavy (non-hydrogen) atoms. The van der Waals surface area contributed by atoms with E-state index in [1.165, 1.54) is 11.8 Å². The lowest BCUT2D eigenvalue weighted by Crippen LogP contribution is -2.33. The van der Waals surface area contributed by atoms with Gasteiger partial charge < -0.3 is 29.4 Å². The highest BCUT2D eigenvalue weighted by Crippen LogP contribution is 2.31. The Morgan fingerprint density at radius 2 is 1.85 bits per heavy atom. The molecule has 0 fully saturated rings. The molecular weight excluding hydrogens is 538 g/mol. The molecule has 0 radical (unpaired) electrons. The van der Waals surface area contributed by atoms with E-state index in [9.17, 15) is 9.90 Å². The lowest BCUT2D eigenvalue weighted by atomic mass is 10.1. The van der Waals surface area contributed by atoms with Crippen LogP contribution in [0.1, 0.15) is 29.9 Å². The highest BCUT2D eigenvalue weighted by atomic mass is 35.5. The molecule has 0 aliphatic heterocycles. The average Bonchev–Trinajstić information content (AvgIpc) is 3.32. The number of carbonyl (C=O) groups is 1. The van der Waals surface area contributed by atoms with Crippen molar-refractivity contribution < 1.29 is 28.8 Å². The topological polar surface area (TPSA) is 104 Å². The number of benzene rings is 2. The standard InChI is InChI=1S/C28H38ClN3O6Si/c1-28(2,38-19-36-13-14-39(4,5)6)18-37-25-12-9-21(15-26(25)35-3)30-27(34)23-16-32(31-24(23)17-33)22-10-7-20(29)8-11-22/h7-12,15-16,33H,13-14,17-19H2,1-6H3,(H,30,34). The van der Waals surface area contributed by atoms with Crippen molar-refractivity contribution in [1.82, 2.24) is 9.78 Å². The van der Waals surface area contributed by atoms with Gasteiger partial charge in [0.05, 0.1) is 30.6 Å². The van der Waals surface area contributed by atoms with E-state index in [4.69, 9.17) is 30.5 Å². The molecule has 212 valence electrons. The highest BCUT2D eigenvalue weighted by Gasteiger charge is 2.22.